The third-order valence-electron chi connectivity index (χ3n) is 7.05. The highest BCUT2D eigenvalue weighted by molar-refractivity contribution is 7.99. The molecular weight excluding hydrogens is 568 g/mol. The number of fused-ring (bicyclic) bond motifs is 3. The highest BCUT2D eigenvalue weighted by atomic mass is 32.2. The summed E-state index contributed by atoms with van der Waals surface area (Å²) in [5.41, 5.74) is 1.93. The number of H-pyrrole nitrogens is 1. The smallest absolute Gasteiger partial charge is 0.345 e. The molecule has 3 N–H and O–H groups in total. The highest BCUT2D eigenvalue weighted by Crippen LogP contribution is 2.46. The van der Waals surface area contributed by atoms with Crippen LogP contribution in [0.2, 0.25) is 0 Å². The number of carbonyl (C=O) groups excluding carboxylic acids is 3. The number of aromatic nitrogens is 2. The van der Waals surface area contributed by atoms with E-state index in [1.54, 1.807) is 24.4 Å². The molecular formula is C29H25F2N5O5S. The lowest BCUT2D eigenvalue weighted by Crippen LogP contribution is -2.48. The van der Waals surface area contributed by atoms with Gasteiger partial charge in [0, 0.05) is 30.5 Å². The predicted octanol–water partition coefficient (Wildman–Crippen LogP) is 4.07. The SMILES string of the molecule is O=C(NCC(=O)N1C[C@H](OC(F)F)C[C@H]1C(=O)NCc1ccc2[nH]ncc2c1)c1ccc2c(c1)Oc1ccccc1S2. The van der Waals surface area contributed by atoms with Crippen LogP contribution in [0.1, 0.15) is 22.3 Å². The number of hydrogen-bond donors (Lipinski definition) is 3. The first-order valence-corrected chi connectivity index (χ1v) is 14.0. The highest BCUT2D eigenvalue weighted by Gasteiger charge is 2.41. The average molecular weight is 594 g/mol. The van der Waals surface area contributed by atoms with Crippen molar-refractivity contribution in [2.24, 2.45) is 0 Å². The number of benzene rings is 3. The number of aromatic amines is 1. The fourth-order valence-electron chi connectivity index (χ4n) is 5.00. The molecule has 6 rings (SSSR count). The minimum absolute atomic E-state index is 0.0993. The zero-order valence-electron chi connectivity index (χ0n) is 22.0. The van der Waals surface area contributed by atoms with Crippen LogP contribution < -0.4 is 15.4 Å². The van der Waals surface area contributed by atoms with Gasteiger partial charge < -0.3 is 25.0 Å². The Morgan fingerprint density at radius 1 is 1.07 bits per heavy atom. The summed E-state index contributed by atoms with van der Waals surface area (Å²) in [4.78, 5) is 42.1. The number of alkyl halides is 2. The van der Waals surface area contributed by atoms with Gasteiger partial charge in [0.05, 0.1) is 34.2 Å². The summed E-state index contributed by atoms with van der Waals surface area (Å²) in [6.07, 6.45) is 0.534. The third kappa shape index (κ3) is 5.92. The zero-order chi connectivity index (χ0) is 29.2. The van der Waals surface area contributed by atoms with Crippen molar-refractivity contribution in [1.29, 1.82) is 0 Å². The van der Waals surface area contributed by atoms with Gasteiger partial charge in [0.2, 0.25) is 11.8 Å². The lowest BCUT2D eigenvalue weighted by molar-refractivity contribution is -0.160. The Morgan fingerprint density at radius 3 is 2.76 bits per heavy atom. The molecule has 3 aromatic carbocycles. The minimum atomic E-state index is -3.05. The molecule has 0 saturated carbocycles. The molecule has 1 aromatic heterocycles. The van der Waals surface area contributed by atoms with Crippen molar-refractivity contribution in [1.82, 2.24) is 25.7 Å². The Labute approximate surface area is 242 Å². The van der Waals surface area contributed by atoms with Crippen molar-refractivity contribution in [3.8, 4) is 11.5 Å². The van der Waals surface area contributed by atoms with Crippen molar-refractivity contribution < 1.29 is 32.6 Å². The number of nitrogens with one attached hydrogen (secondary N) is 3. The van der Waals surface area contributed by atoms with Gasteiger partial charge >= 0.3 is 6.61 Å². The van der Waals surface area contributed by atoms with Crippen LogP contribution >= 0.6 is 11.8 Å². The van der Waals surface area contributed by atoms with Gasteiger partial charge in [-0.25, -0.2) is 0 Å². The standard InChI is InChI=1S/C29H25F2N5O5S/c30-29(31)40-19-11-21(28(39)32-12-16-5-7-20-18(9-16)13-34-35-20)36(15-19)26(37)14-33-27(38)17-6-8-25-23(10-17)41-22-3-1-2-4-24(22)42-25/h1-10,13,19,21,29H,11-12,14-15H2,(H,32,39)(H,33,38)(H,34,35)/t19-,21+/m1/s1. The Balaban J connectivity index is 1.09. The molecule has 42 heavy (non-hydrogen) atoms. The van der Waals surface area contributed by atoms with Crippen molar-refractivity contribution in [2.45, 2.75) is 41.5 Å². The normalized spacial score (nSPS) is 17.5. The summed E-state index contributed by atoms with van der Waals surface area (Å²) in [6, 6.07) is 17.0. The number of nitrogens with zero attached hydrogens (tertiary/aromatic N) is 2. The van der Waals surface area contributed by atoms with E-state index in [0.717, 1.165) is 26.3 Å². The summed E-state index contributed by atoms with van der Waals surface area (Å²) in [6.45, 7) is -3.52. The molecule has 1 fully saturated rings. The minimum Gasteiger partial charge on any atom is -0.455 e. The Hall–Kier alpha value is -4.49. The number of rotatable bonds is 8. The first kappa shape index (κ1) is 27.7. The second-order valence-electron chi connectivity index (χ2n) is 9.82. The molecule has 4 aromatic rings. The molecule has 3 amide bonds. The van der Waals surface area contributed by atoms with Crippen LogP contribution in [0.3, 0.4) is 0 Å². The first-order chi connectivity index (χ1) is 20.3. The molecule has 2 aliphatic rings. The quantitative estimate of drug-likeness (QED) is 0.248. The summed E-state index contributed by atoms with van der Waals surface area (Å²) in [7, 11) is 0. The Morgan fingerprint density at radius 2 is 1.90 bits per heavy atom. The number of ether oxygens (including phenoxy) is 2. The monoisotopic (exact) mass is 593 g/mol. The summed E-state index contributed by atoms with van der Waals surface area (Å²) in [5.74, 6) is -0.417. The zero-order valence-corrected chi connectivity index (χ0v) is 22.8. The van der Waals surface area contributed by atoms with Gasteiger partial charge in [0.25, 0.3) is 5.91 Å². The summed E-state index contributed by atoms with van der Waals surface area (Å²) in [5, 5.41) is 13.0. The number of carbonyl (C=O) groups is 3. The second kappa shape index (κ2) is 11.8. The summed E-state index contributed by atoms with van der Waals surface area (Å²) >= 11 is 1.52. The van der Waals surface area contributed by atoms with Crippen molar-refractivity contribution in [2.75, 3.05) is 13.1 Å². The van der Waals surface area contributed by atoms with Gasteiger partial charge in [0.1, 0.15) is 17.5 Å². The molecule has 0 spiro atoms. The van der Waals surface area contributed by atoms with Crippen LogP contribution in [-0.2, 0) is 20.9 Å². The van der Waals surface area contributed by atoms with Gasteiger partial charge in [0.15, 0.2) is 0 Å². The molecule has 1 saturated heterocycles. The van der Waals surface area contributed by atoms with E-state index in [0.29, 0.717) is 11.5 Å². The van der Waals surface area contributed by atoms with E-state index in [4.69, 9.17) is 4.74 Å². The van der Waals surface area contributed by atoms with E-state index in [1.165, 1.54) is 16.7 Å². The van der Waals surface area contributed by atoms with Crippen LogP contribution in [0, 0.1) is 0 Å². The van der Waals surface area contributed by atoms with Crippen molar-refractivity contribution >= 4 is 40.4 Å². The third-order valence-corrected chi connectivity index (χ3v) is 8.16. The van der Waals surface area contributed by atoms with Crippen LogP contribution in [0.4, 0.5) is 8.78 Å². The largest absolute Gasteiger partial charge is 0.455 e. The molecule has 2 aliphatic heterocycles. The van der Waals surface area contributed by atoms with Gasteiger partial charge in [-0.05, 0) is 48.0 Å². The molecule has 3 heterocycles. The number of likely N-dealkylation sites (tertiary alicyclic amines) is 1. The van der Waals surface area contributed by atoms with E-state index in [2.05, 4.69) is 25.6 Å². The van der Waals surface area contributed by atoms with Crippen molar-refractivity contribution in [3.63, 3.8) is 0 Å². The number of hydrogen-bond acceptors (Lipinski definition) is 7. The molecule has 2 atom stereocenters. The molecule has 0 aliphatic carbocycles. The molecule has 10 nitrogen and oxygen atoms in total. The van der Waals surface area contributed by atoms with E-state index < -0.39 is 43.0 Å². The van der Waals surface area contributed by atoms with Crippen LogP contribution in [0.15, 0.2) is 76.7 Å². The van der Waals surface area contributed by atoms with Crippen LogP contribution in [0.5, 0.6) is 11.5 Å². The number of para-hydroxylation sites is 1. The summed E-state index contributed by atoms with van der Waals surface area (Å²) < 4.78 is 36.5. The molecule has 0 radical (unpaired) electrons. The lowest BCUT2D eigenvalue weighted by atomic mass is 10.1. The maximum absolute atomic E-state index is 13.1. The number of amides is 3. The molecule has 0 bridgehead atoms. The lowest BCUT2D eigenvalue weighted by Gasteiger charge is -2.24. The van der Waals surface area contributed by atoms with Gasteiger partial charge in [-0.1, -0.05) is 30.0 Å². The number of halogens is 2. The van der Waals surface area contributed by atoms with E-state index >= 15 is 0 Å². The molecule has 13 heteroatoms. The maximum Gasteiger partial charge on any atom is 0.345 e. The first-order valence-electron chi connectivity index (χ1n) is 13.1. The predicted molar refractivity (Wildman–Crippen MR) is 148 cm³/mol. The Bertz CT molecular complexity index is 1660. The second-order valence-corrected chi connectivity index (χ2v) is 10.9. The average Bonchev–Trinajstić information content (AvgIpc) is 3.63. The van der Waals surface area contributed by atoms with Crippen LogP contribution in [0.25, 0.3) is 10.9 Å². The molecule has 216 valence electrons. The van der Waals surface area contributed by atoms with E-state index in [9.17, 15) is 23.2 Å². The van der Waals surface area contributed by atoms with E-state index in [1.807, 2.05) is 42.5 Å². The maximum atomic E-state index is 13.1. The van der Waals surface area contributed by atoms with Gasteiger partial charge in [-0.15, -0.1) is 0 Å². The van der Waals surface area contributed by atoms with Gasteiger partial charge in [-0.2, -0.15) is 13.9 Å². The Kier molecular flexibility index (Phi) is 7.76. The van der Waals surface area contributed by atoms with Crippen LogP contribution in [-0.4, -0.2) is 64.7 Å². The fourth-order valence-corrected chi connectivity index (χ4v) is 5.93. The van der Waals surface area contributed by atoms with Gasteiger partial charge in [-0.3, -0.25) is 19.5 Å². The topological polar surface area (TPSA) is 126 Å². The fraction of sp³-hybridized carbons (Fsp3) is 0.241. The van der Waals surface area contributed by atoms with E-state index in [-0.39, 0.29) is 25.1 Å². The molecule has 0 unspecified atom stereocenters. The van der Waals surface area contributed by atoms with Crippen molar-refractivity contribution in [3.05, 3.63) is 78.0 Å².